The molecule has 1 atom stereocenters. The van der Waals surface area contributed by atoms with Crippen molar-refractivity contribution in [2.75, 3.05) is 11.4 Å². The molecule has 1 aliphatic carbocycles. The van der Waals surface area contributed by atoms with E-state index in [-0.39, 0.29) is 24.3 Å². The molecule has 0 aliphatic heterocycles. The second kappa shape index (κ2) is 11.7. The van der Waals surface area contributed by atoms with Crippen LogP contribution in [0.4, 0.5) is 5.69 Å². The zero-order chi connectivity index (χ0) is 25.5. The van der Waals surface area contributed by atoms with Crippen LogP contribution in [0.1, 0.15) is 65.4 Å². The van der Waals surface area contributed by atoms with Gasteiger partial charge in [-0.15, -0.1) is 0 Å². The number of amides is 3. The molecule has 0 radical (unpaired) electrons. The largest absolute Gasteiger partial charge is 0.459 e. The normalized spacial score (nSPS) is 14.6. The zero-order valence-electron chi connectivity index (χ0n) is 20.7. The van der Waals surface area contributed by atoms with Gasteiger partial charge in [-0.1, -0.05) is 37.5 Å². The fourth-order valence-corrected chi connectivity index (χ4v) is 4.61. The molecule has 1 fully saturated rings. The summed E-state index contributed by atoms with van der Waals surface area (Å²) in [6, 6.07) is 11.6. The molecule has 2 heterocycles. The minimum atomic E-state index is -0.950. The molecule has 36 heavy (non-hydrogen) atoms. The van der Waals surface area contributed by atoms with Crippen LogP contribution in [0.5, 0.6) is 0 Å². The number of aromatic nitrogens is 1. The maximum atomic E-state index is 13.8. The smallest absolute Gasteiger partial charge is 0.287 e. The first-order chi connectivity index (χ1) is 17.4. The van der Waals surface area contributed by atoms with Crippen molar-refractivity contribution in [1.82, 2.24) is 15.6 Å². The summed E-state index contributed by atoms with van der Waals surface area (Å²) >= 11 is 0. The van der Waals surface area contributed by atoms with Crippen LogP contribution in [0, 0.1) is 13.8 Å². The number of benzene rings is 1. The SMILES string of the molecule is Cc1ccc(C)c(N(C(=O)CNC(=O)c2ccco2)[C@H](C(=O)NC2CCCCC2)c2cccnc2)c1. The molecule has 3 aromatic rings. The second-order valence-electron chi connectivity index (χ2n) is 9.25. The van der Waals surface area contributed by atoms with Gasteiger partial charge in [-0.3, -0.25) is 24.3 Å². The van der Waals surface area contributed by atoms with Crippen molar-refractivity contribution in [1.29, 1.82) is 0 Å². The van der Waals surface area contributed by atoms with E-state index in [4.69, 9.17) is 4.42 Å². The maximum Gasteiger partial charge on any atom is 0.287 e. The number of rotatable bonds is 8. The number of furan rings is 1. The summed E-state index contributed by atoms with van der Waals surface area (Å²) in [6.45, 7) is 3.53. The van der Waals surface area contributed by atoms with Gasteiger partial charge in [0.1, 0.15) is 6.04 Å². The van der Waals surface area contributed by atoms with Crippen LogP contribution in [0.15, 0.2) is 65.5 Å². The lowest BCUT2D eigenvalue weighted by atomic mass is 9.94. The fraction of sp³-hybridized carbons (Fsp3) is 0.357. The fourth-order valence-electron chi connectivity index (χ4n) is 4.61. The van der Waals surface area contributed by atoms with Crippen molar-refractivity contribution in [3.05, 3.63) is 83.6 Å². The second-order valence-corrected chi connectivity index (χ2v) is 9.25. The van der Waals surface area contributed by atoms with Crippen LogP contribution < -0.4 is 15.5 Å². The van der Waals surface area contributed by atoms with E-state index < -0.39 is 17.9 Å². The third-order valence-corrected chi connectivity index (χ3v) is 6.50. The standard InChI is InChI=1S/C28H32N4O4/c1-19-12-13-20(2)23(16-19)32(25(33)18-30-27(34)24-11-7-15-36-24)26(21-8-6-14-29-17-21)28(35)31-22-9-4-3-5-10-22/h6-8,11-17,22,26H,3-5,9-10,18H2,1-2H3,(H,30,34)(H,31,35)/t26-/m0/s1. The molecule has 2 aromatic heterocycles. The molecule has 0 unspecified atom stereocenters. The first kappa shape index (κ1) is 25.2. The highest BCUT2D eigenvalue weighted by molar-refractivity contribution is 6.04. The Bertz CT molecular complexity index is 1190. The molecule has 0 saturated heterocycles. The van der Waals surface area contributed by atoms with Crippen molar-refractivity contribution in [3.8, 4) is 0 Å². The summed E-state index contributed by atoms with van der Waals surface area (Å²) in [7, 11) is 0. The summed E-state index contributed by atoms with van der Waals surface area (Å²) in [6.07, 6.45) is 9.78. The van der Waals surface area contributed by atoms with Gasteiger partial charge in [-0.25, -0.2) is 0 Å². The number of nitrogens with one attached hydrogen (secondary N) is 2. The third-order valence-electron chi connectivity index (χ3n) is 6.50. The Morgan fingerprint density at radius 1 is 1.08 bits per heavy atom. The molecular formula is C28H32N4O4. The minimum absolute atomic E-state index is 0.0691. The Hall–Kier alpha value is -3.94. The molecule has 8 heteroatoms. The number of carbonyl (C=O) groups excluding carboxylic acids is 3. The predicted molar refractivity (Wildman–Crippen MR) is 136 cm³/mol. The average Bonchev–Trinajstić information content (AvgIpc) is 3.43. The van der Waals surface area contributed by atoms with Crippen molar-refractivity contribution < 1.29 is 18.8 Å². The van der Waals surface area contributed by atoms with E-state index in [9.17, 15) is 14.4 Å². The Balaban J connectivity index is 1.70. The highest BCUT2D eigenvalue weighted by Gasteiger charge is 2.35. The van der Waals surface area contributed by atoms with E-state index >= 15 is 0 Å². The number of pyridine rings is 1. The maximum absolute atomic E-state index is 13.8. The average molecular weight is 489 g/mol. The van der Waals surface area contributed by atoms with Crippen LogP contribution in [-0.4, -0.2) is 35.3 Å². The van der Waals surface area contributed by atoms with Gasteiger partial charge in [0.15, 0.2) is 5.76 Å². The molecule has 1 aromatic carbocycles. The molecule has 1 aliphatic rings. The summed E-state index contributed by atoms with van der Waals surface area (Å²) in [4.78, 5) is 45.8. The van der Waals surface area contributed by atoms with Gasteiger partial charge >= 0.3 is 0 Å². The molecule has 188 valence electrons. The van der Waals surface area contributed by atoms with Crippen LogP contribution in [0.25, 0.3) is 0 Å². The lowest BCUT2D eigenvalue weighted by Crippen LogP contribution is -2.50. The van der Waals surface area contributed by atoms with Gasteiger partial charge < -0.3 is 15.1 Å². The first-order valence-corrected chi connectivity index (χ1v) is 12.4. The lowest BCUT2D eigenvalue weighted by molar-refractivity contribution is -0.127. The topological polar surface area (TPSA) is 105 Å². The highest BCUT2D eigenvalue weighted by Crippen LogP contribution is 2.31. The van der Waals surface area contributed by atoms with Crippen molar-refractivity contribution in [2.45, 2.75) is 58.0 Å². The molecule has 0 spiro atoms. The number of carbonyl (C=O) groups is 3. The number of nitrogens with zero attached hydrogens (tertiary/aromatic N) is 2. The minimum Gasteiger partial charge on any atom is -0.459 e. The summed E-state index contributed by atoms with van der Waals surface area (Å²) in [5, 5.41) is 5.81. The van der Waals surface area contributed by atoms with E-state index in [0.29, 0.717) is 11.3 Å². The van der Waals surface area contributed by atoms with Crippen LogP contribution >= 0.6 is 0 Å². The lowest BCUT2D eigenvalue weighted by Gasteiger charge is -2.34. The van der Waals surface area contributed by atoms with Crippen molar-refractivity contribution >= 4 is 23.4 Å². The van der Waals surface area contributed by atoms with Crippen molar-refractivity contribution in [3.63, 3.8) is 0 Å². The van der Waals surface area contributed by atoms with Gasteiger partial charge in [-0.05, 0) is 62.1 Å². The monoisotopic (exact) mass is 488 g/mol. The van der Waals surface area contributed by atoms with Crippen LogP contribution in [-0.2, 0) is 9.59 Å². The Kier molecular flexibility index (Phi) is 8.15. The molecule has 8 nitrogen and oxygen atoms in total. The number of hydrogen-bond acceptors (Lipinski definition) is 5. The van der Waals surface area contributed by atoms with Gasteiger partial charge in [0, 0.05) is 29.7 Å². The van der Waals surface area contributed by atoms with E-state index in [1.54, 1.807) is 30.6 Å². The number of hydrogen-bond donors (Lipinski definition) is 2. The van der Waals surface area contributed by atoms with E-state index in [2.05, 4.69) is 15.6 Å². The van der Waals surface area contributed by atoms with Crippen LogP contribution in [0.2, 0.25) is 0 Å². The summed E-state index contributed by atoms with van der Waals surface area (Å²) < 4.78 is 5.14. The van der Waals surface area contributed by atoms with Gasteiger partial charge in [-0.2, -0.15) is 0 Å². The van der Waals surface area contributed by atoms with E-state index in [1.807, 2.05) is 32.0 Å². The van der Waals surface area contributed by atoms with Crippen molar-refractivity contribution in [2.24, 2.45) is 0 Å². The van der Waals surface area contributed by atoms with E-state index in [0.717, 1.165) is 36.8 Å². The quantitative estimate of drug-likeness (QED) is 0.493. The van der Waals surface area contributed by atoms with Crippen LogP contribution in [0.3, 0.4) is 0 Å². The molecule has 3 amide bonds. The molecular weight excluding hydrogens is 456 g/mol. The molecule has 0 bridgehead atoms. The Labute approximate surface area is 211 Å². The molecule has 4 rings (SSSR count). The summed E-state index contributed by atoms with van der Waals surface area (Å²) in [5.74, 6) is -1.07. The Morgan fingerprint density at radius 3 is 2.58 bits per heavy atom. The molecule has 2 N–H and O–H groups in total. The van der Waals surface area contributed by atoms with Gasteiger partial charge in [0.05, 0.1) is 12.8 Å². The Morgan fingerprint density at radius 2 is 1.89 bits per heavy atom. The van der Waals surface area contributed by atoms with Gasteiger partial charge in [0.2, 0.25) is 11.8 Å². The zero-order valence-corrected chi connectivity index (χ0v) is 20.7. The van der Waals surface area contributed by atoms with Gasteiger partial charge in [0.25, 0.3) is 5.91 Å². The number of aryl methyl sites for hydroxylation is 2. The number of anilines is 1. The first-order valence-electron chi connectivity index (χ1n) is 12.4. The third kappa shape index (κ3) is 6.00. The van der Waals surface area contributed by atoms with E-state index in [1.165, 1.54) is 23.7 Å². The summed E-state index contributed by atoms with van der Waals surface area (Å²) in [5.41, 5.74) is 2.99. The predicted octanol–water partition coefficient (Wildman–Crippen LogP) is 4.24. The molecule has 1 saturated carbocycles. The highest BCUT2D eigenvalue weighted by atomic mass is 16.3.